The van der Waals surface area contributed by atoms with Crippen molar-refractivity contribution in [1.29, 1.82) is 0 Å². The number of hydrogen-bond acceptors (Lipinski definition) is 8. The van der Waals surface area contributed by atoms with E-state index in [4.69, 9.17) is 4.74 Å². The van der Waals surface area contributed by atoms with Crippen molar-refractivity contribution < 1.29 is 26.7 Å². The van der Waals surface area contributed by atoms with E-state index in [0.29, 0.717) is 10.1 Å². The first kappa shape index (κ1) is 23.4. The number of pyridine rings is 1. The minimum Gasteiger partial charge on any atom is -0.466 e. The number of anilines is 1. The van der Waals surface area contributed by atoms with Crippen LogP contribution in [0.25, 0.3) is 22.2 Å². The second-order valence-electron chi connectivity index (χ2n) is 8.03. The molecule has 0 radical (unpaired) electrons. The summed E-state index contributed by atoms with van der Waals surface area (Å²) in [6, 6.07) is 2.48. The first-order chi connectivity index (χ1) is 17.0. The summed E-state index contributed by atoms with van der Waals surface area (Å²) < 4.78 is 74.1. The number of halogens is 5. The Bertz CT molecular complexity index is 1550. The number of hydrogen-bond donors (Lipinski definition) is 2. The van der Waals surface area contributed by atoms with Gasteiger partial charge in [-0.3, -0.25) is 14.5 Å². The molecule has 4 aromatic heterocycles. The lowest BCUT2D eigenvalue weighted by Gasteiger charge is -2.18. The first-order valence-electron chi connectivity index (χ1n) is 10.3. The van der Waals surface area contributed by atoms with Gasteiger partial charge in [0.05, 0.1) is 42.3 Å². The summed E-state index contributed by atoms with van der Waals surface area (Å²) in [5.74, 6) is -3.65. The van der Waals surface area contributed by atoms with Crippen molar-refractivity contribution in [2.75, 3.05) is 18.0 Å². The molecule has 2 N–H and O–H groups in total. The maximum Gasteiger partial charge on any atom is 0.408 e. The van der Waals surface area contributed by atoms with Gasteiger partial charge >= 0.3 is 17.8 Å². The van der Waals surface area contributed by atoms with Crippen LogP contribution in [0.2, 0.25) is 0 Å². The lowest BCUT2D eigenvalue weighted by molar-refractivity contribution is -0.141. The second-order valence-corrected chi connectivity index (χ2v) is 8.03. The monoisotopic (exact) mass is 510 g/mol. The zero-order valence-electron chi connectivity index (χ0n) is 18.0. The lowest BCUT2D eigenvalue weighted by Crippen LogP contribution is -2.36. The molecule has 0 amide bonds. The number of ether oxygens (including phenoxy) is 1. The number of rotatable bonds is 5. The summed E-state index contributed by atoms with van der Waals surface area (Å²) in [6.07, 6.45) is -1.48. The molecule has 1 saturated heterocycles. The SMILES string of the molecule is O=c1[nH]cc(-c2cc(N3C[C@H](Oc4cc5c(cn4)cnn5CC(F)(F)F)C(F)(F)C3)cnn2)c(=O)[nH]1. The molecule has 0 aliphatic carbocycles. The highest BCUT2D eigenvalue weighted by Gasteiger charge is 2.50. The molecule has 4 aromatic rings. The molecule has 0 saturated carbocycles. The Morgan fingerprint density at radius 3 is 2.72 bits per heavy atom. The van der Waals surface area contributed by atoms with E-state index in [1.165, 1.54) is 29.6 Å². The van der Waals surface area contributed by atoms with Gasteiger partial charge in [0, 0.05) is 23.8 Å². The van der Waals surface area contributed by atoms with Crippen molar-refractivity contribution in [3.05, 3.63) is 57.8 Å². The molecular weight excluding hydrogens is 495 g/mol. The van der Waals surface area contributed by atoms with E-state index >= 15 is 0 Å². The molecule has 5 rings (SSSR count). The third-order valence-electron chi connectivity index (χ3n) is 5.45. The van der Waals surface area contributed by atoms with E-state index in [1.807, 2.05) is 4.98 Å². The van der Waals surface area contributed by atoms with Gasteiger partial charge in [0.1, 0.15) is 12.2 Å². The predicted molar refractivity (Wildman–Crippen MR) is 114 cm³/mol. The van der Waals surface area contributed by atoms with E-state index in [2.05, 4.69) is 25.3 Å². The van der Waals surface area contributed by atoms with Crippen LogP contribution in [0, 0.1) is 0 Å². The molecule has 36 heavy (non-hydrogen) atoms. The maximum absolute atomic E-state index is 14.8. The molecule has 16 heteroatoms. The molecule has 0 unspecified atom stereocenters. The van der Waals surface area contributed by atoms with Gasteiger partial charge < -0.3 is 14.6 Å². The quantitative estimate of drug-likeness (QED) is 0.388. The van der Waals surface area contributed by atoms with Crippen LogP contribution in [-0.4, -0.2) is 66.2 Å². The zero-order chi connectivity index (χ0) is 25.7. The molecule has 1 atom stereocenters. The molecule has 1 aliphatic heterocycles. The summed E-state index contributed by atoms with van der Waals surface area (Å²) in [5.41, 5.74) is -1.18. The summed E-state index contributed by atoms with van der Waals surface area (Å²) in [7, 11) is 0. The van der Waals surface area contributed by atoms with E-state index in [0.717, 1.165) is 12.3 Å². The van der Waals surface area contributed by atoms with Crippen LogP contribution in [0.1, 0.15) is 0 Å². The van der Waals surface area contributed by atoms with Crippen molar-refractivity contribution in [1.82, 2.24) is 34.9 Å². The van der Waals surface area contributed by atoms with E-state index in [-0.39, 0.29) is 34.9 Å². The standard InChI is InChI=1S/C20H15F5N8O3/c21-19(22)8-32(11-1-13(31-28-5-11)12-6-27-18(35)30-17(12)34)7-15(19)36-16-2-14-10(3-26-16)4-29-33(14)9-20(23,24)25/h1-6,15H,7-9H2,(H2,27,30,34,35)/t15-/m0/s1. The molecule has 0 bridgehead atoms. The number of nitrogens with one attached hydrogen (secondary N) is 2. The normalized spacial score (nSPS) is 17.6. The van der Waals surface area contributed by atoms with Gasteiger partial charge in [-0.25, -0.2) is 18.6 Å². The molecule has 1 fully saturated rings. The van der Waals surface area contributed by atoms with Crippen molar-refractivity contribution in [2.45, 2.75) is 24.7 Å². The van der Waals surface area contributed by atoms with Crippen LogP contribution in [0.15, 0.2) is 46.5 Å². The van der Waals surface area contributed by atoms with Gasteiger partial charge in [-0.05, 0) is 6.07 Å². The number of alkyl halides is 5. The fourth-order valence-corrected chi connectivity index (χ4v) is 3.80. The van der Waals surface area contributed by atoms with Gasteiger partial charge in [-0.15, -0.1) is 0 Å². The van der Waals surface area contributed by atoms with Crippen molar-refractivity contribution in [3.8, 4) is 17.1 Å². The van der Waals surface area contributed by atoms with Crippen LogP contribution >= 0.6 is 0 Å². The van der Waals surface area contributed by atoms with Gasteiger partial charge in [0.25, 0.3) is 5.56 Å². The number of aromatic amines is 2. The van der Waals surface area contributed by atoms with Crippen LogP contribution in [0.3, 0.4) is 0 Å². The first-order valence-corrected chi connectivity index (χ1v) is 10.3. The van der Waals surface area contributed by atoms with Gasteiger partial charge in [0.15, 0.2) is 6.10 Å². The fraction of sp³-hybridized carbons (Fsp3) is 0.300. The minimum absolute atomic E-state index is 0.0179. The predicted octanol–water partition coefficient (Wildman–Crippen LogP) is 1.73. The summed E-state index contributed by atoms with van der Waals surface area (Å²) >= 11 is 0. The highest BCUT2D eigenvalue weighted by Crippen LogP contribution is 2.34. The lowest BCUT2D eigenvalue weighted by atomic mass is 10.2. The summed E-state index contributed by atoms with van der Waals surface area (Å²) in [5, 5.41) is 11.5. The number of H-pyrrole nitrogens is 2. The average molecular weight is 510 g/mol. The van der Waals surface area contributed by atoms with Crippen LogP contribution in [0.5, 0.6) is 5.88 Å². The second kappa shape index (κ2) is 8.39. The van der Waals surface area contributed by atoms with Crippen molar-refractivity contribution in [2.24, 2.45) is 0 Å². The van der Waals surface area contributed by atoms with Gasteiger partial charge in [-0.1, -0.05) is 0 Å². The molecule has 0 spiro atoms. The van der Waals surface area contributed by atoms with E-state index < -0.39 is 42.5 Å². The highest BCUT2D eigenvalue weighted by molar-refractivity contribution is 5.78. The Morgan fingerprint density at radius 1 is 1.17 bits per heavy atom. The third kappa shape index (κ3) is 4.60. The molecule has 5 heterocycles. The Morgan fingerprint density at radius 2 is 1.97 bits per heavy atom. The third-order valence-corrected chi connectivity index (χ3v) is 5.45. The van der Waals surface area contributed by atoms with Crippen molar-refractivity contribution >= 4 is 16.6 Å². The Balaban J connectivity index is 1.38. The number of aromatic nitrogens is 7. The van der Waals surface area contributed by atoms with Gasteiger partial charge in [0.2, 0.25) is 5.88 Å². The van der Waals surface area contributed by atoms with Crippen molar-refractivity contribution in [3.63, 3.8) is 0 Å². The topological polar surface area (TPSA) is 135 Å². The minimum atomic E-state index is -4.53. The molecular formula is C20H15F5N8O3. The Hall–Kier alpha value is -4.37. The summed E-state index contributed by atoms with van der Waals surface area (Å²) in [4.78, 5) is 32.8. The zero-order valence-corrected chi connectivity index (χ0v) is 18.0. The number of nitrogens with zero attached hydrogens (tertiary/aromatic N) is 6. The highest BCUT2D eigenvalue weighted by atomic mass is 19.4. The van der Waals surface area contributed by atoms with Crippen LogP contribution in [-0.2, 0) is 6.54 Å². The average Bonchev–Trinajstić information content (AvgIpc) is 3.32. The number of fused-ring (bicyclic) bond motifs is 1. The maximum atomic E-state index is 14.8. The fourth-order valence-electron chi connectivity index (χ4n) is 3.80. The van der Waals surface area contributed by atoms with E-state index in [9.17, 15) is 31.5 Å². The summed E-state index contributed by atoms with van der Waals surface area (Å²) in [6.45, 7) is -2.44. The Labute approximate surface area is 196 Å². The largest absolute Gasteiger partial charge is 0.466 e. The molecule has 11 nitrogen and oxygen atoms in total. The Kier molecular flexibility index (Phi) is 5.44. The van der Waals surface area contributed by atoms with Crippen LogP contribution < -0.4 is 20.9 Å². The van der Waals surface area contributed by atoms with E-state index in [1.54, 1.807) is 0 Å². The van der Waals surface area contributed by atoms with Gasteiger partial charge in [-0.2, -0.15) is 28.5 Å². The smallest absolute Gasteiger partial charge is 0.408 e. The molecule has 0 aromatic carbocycles. The molecule has 188 valence electrons. The molecule has 1 aliphatic rings. The van der Waals surface area contributed by atoms with Crippen LogP contribution in [0.4, 0.5) is 27.6 Å².